The van der Waals surface area contributed by atoms with Crippen molar-refractivity contribution in [3.63, 3.8) is 0 Å². The predicted molar refractivity (Wildman–Crippen MR) is 219 cm³/mol. The molecule has 0 bridgehead atoms. The van der Waals surface area contributed by atoms with E-state index in [9.17, 15) is 9.59 Å². The molecule has 4 aliphatic heterocycles. The van der Waals surface area contributed by atoms with E-state index in [4.69, 9.17) is 4.74 Å². The zero-order chi connectivity index (χ0) is 38.5. The van der Waals surface area contributed by atoms with Crippen molar-refractivity contribution in [2.75, 3.05) is 75.2 Å². The van der Waals surface area contributed by atoms with Gasteiger partial charge in [0.2, 0.25) is 11.8 Å². The maximum absolute atomic E-state index is 12.5. The largest absolute Gasteiger partial charge is 0.488 e. The number of imidazole rings is 1. The molecule has 10 rings (SSSR count). The quantitative estimate of drug-likeness (QED) is 0.185. The molecule has 1 unspecified atom stereocenters. The number of ether oxygens (including phenoxy) is 1. The molecule has 2 aromatic carbocycles. The van der Waals surface area contributed by atoms with Gasteiger partial charge in [-0.25, -0.2) is 15.0 Å². The van der Waals surface area contributed by atoms with Crippen LogP contribution in [0.1, 0.15) is 64.3 Å². The van der Waals surface area contributed by atoms with E-state index in [0.29, 0.717) is 18.8 Å². The summed E-state index contributed by atoms with van der Waals surface area (Å²) < 4.78 is 8.15. The Morgan fingerprint density at radius 1 is 0.789 bits per heavy atom. The molecule has 1 saturated carbocycles. The van der Waals surface area contributed by atoms with E-state index in [0.717, 1.165) is 116 Å². The van der Waals surface area contributed by atoms with Gasteiger partial charge in [-0.1, -0.05) is 0 Å². The normalized spacial score (nSPS) is 22.7. The highest BCUT2D eigenvalue weighted by Gasteiger charge is 2.40. The monoisotopic (exact) mass is 771 g/mol. The molecule has 2 N–H and O–H groups in total. The van der Waals surface area contributed by atoms with Crippen LogP contribution >= 0.6 is 0 Å². The molecule has 57 heavy (non-hydrogen) atoms. The van der Waals surface area contributed by atoms with Gasteiger partial charge in [0.15, 0.2) is 0 Å². The van der Waals surface area contributed by atoms with Gasteiger partial charge in [0.1, 0.15) is 35.2 Å². The number of anilines is 2. The molecule has 14 heteroatoms. The number of H-pyrrole nitrogens is 1. The Morgan fingerprint density at radius 2 is 1.51 bits per heavy atom. The van der Waals surface area contributed by atoms with Crippen LogP contribution in [0.15, 0.2) is 55.1 Å². The number of rotatable bonds is 10. The molecule has 1 aliphatic carbocycles. The van der Waals surface area contributed by atoms with E-state index in [2.05, 4.69) is 87.3 Å². The number of nitrogens with one attached hydrogen (secondary N) is 2. The van der Waals surface area contributed by atoms with E-state index < -0.39 is 0 Å². The minimum absolute atomic E-state index is 0.0301. The number of hydrogen-bond acceptors (Lipinski definition) is 11. The standard InChI is InChI=1S/C43H53N11O3/c1-43(12-13-43)57-32-3-4-34-33(23-32)41(49-48-34)36-24-39(45-27-44-36)53-16-10-30(11-17-53)26-51-20-18-50(19-21-51)25-29-8-14-52(15-9-29)31-2-5-37-35(22-31)46-28-54(37)38-6-7-40(55)47-42(38)56/h2-5,22-24,27-30,38H,6-21,25-26H2,1H3,(H,48,49)(H,47,55,56). The Bertz CT molecular complexity index is 2260. The second-order valence-electron chi connectivity index (χ2n) is 17.3. The first-order chi connectivity index (χ1) is 27.8. The number of amides is 2. The zero-order valence-corrected chi connectivity index (χ0v) is 32.9. The van der Waals surface area contributed by atoms with Crippen molar-refractivity contribution in [1.29, 1.82) is 0 Å². The number of fused-ring (bicyclic) bond motifs is 2. The molecular weight excluding hydrogens is 719 g/mol. The SMILES string of the molecule is CC1(Oc2ccc3[nH]nc(-c4cc(N5CCC(CN6CCN(CC7CCN(c8ccc9c(c8)ncn9C8CCC(=O)NC8=O)CC7)CC6)CC5)ncn4)c3c2)CC1. The average molecular weight is 772 g/mol. The molecule has 5 fully saturated rings. The minimum Gasteiger partial charge on any atom is -0.488 e. The second kappa shape index (κ2) is 15.0. The molecule has 0 radical (unpaired) electrons. The smallest absolute Gasteiger partial charge is 0.249 e. The van der Waals surface area contributed by atoms with Crippen LogP contribution in [0.4, 0.5) is 11.5 Å². The number of hydrogen-bond donors (Lipinski definition) is 2. The molecule has 2 amide bonds. The zero-order valence-electron chi connectivity index (χ0n) is 32.9. The molecule has 5 aromatic rings. The second-order valence-corrected chi connectivity index (χ2v) is 17.3. The lowest BCUT2D eigenvalue weighted by molar-refractivity contribution is -0.135. The summed E-state index contributed by atoms with van der Waals surface area (Å²) >= 11 is 0. The van der Waals surface area contributed by atoms with Crippen molar-refractivity contribution in [3.8, 4) is 17.1 Å². The lowest BCUT2D eigenvalue weighted by atomic mass is 9.94. The van der Waals surface area contributed by atoms with Gasteiger partial charge < -0.3 is 28.9 Å². The number of aromatic amines is 1. The van der Waals surface area contributed by atoms with Crippen molar-refractivity contribution < 1.29 is 14.3 Å². The van der Waals surface area contributed by atoms with Crippen molar-refractivity contribution in [1.82, 2.24) is 44.8 Å². The minimum atomic E-state index is -0.387. The first-order valence-electron chi connectivity index (χ1n) is 21.1. The number of aromatic nitrogens is 6. The first kappa shape index (κ1) is 36.3. The summed E-state index contributed by atoms with van der Waals surface area (Å²) in [7, 11) is 0. The van der Waals surface area contributed by atoms with E-state index in [-0.39, 0.29) is 23.5 Å². The van der Waals surface area contributed by atoms with Crippen molar-refractivity contribution in [2.24, 2.45) is 11.8 Å². The predicted octanol–water partition coefficient (Wildman–Crippen LogP) is 5.03. The highest BCUT2D eigenvalue weighted by molar-refractivity contribution is 6.00. The van der Waals surface area contributed by atoms with Gasteiger partial charge in [0.05, 0.1) is 28.6 Å². The maximum Gasteiger partial charge on any atom is 0.249 e. The Balaban J connectivity index is 0.665. The number of piperazine rings is 1. The lowest BCUT2D eigenvalue weighted by Gasteiger charge is -2.41. The molecule has 0 spiro atoms. The van der Waals surface area contributed by atoms with Gasteiger partial charge >= 0.3 is 0 Å². The van der Waals surface area contributed by atoms with Crippen molar-refractivity contribution >= 4 is 45.3 Å². The van der Waals surface area contributed by atoms with Gasteiger partial charge in [-0.2, -0.15) is 5.10 Å². The maximum atomic E-state index is 12.5. The van der Waals surface area contributed by atoms with E-state index >= 15 is 0 Å². The van der Waals surface area contributed by atoms with Crippen LogP contribution in [-0.4, -0.2) is 122 Å². The molecule has 7 heterocycles. The first-order valence-corrected chi connectivity index (χ1v) is 21.1. The van der Waals surface area contributed by atoms with E-state index in [1.807, 2.05) is 16.7 Å². The molecule has 5 aliphatic rings. The van der Waals surface area contributed by atoms with Crippen LogP contribution in [-0.2, 0) is 9.59 Å². The highest BCUT2D eigenvalue weighted by Crippen LogP contribution is 2.41. The van der Waals surface area contributed by atoms with Crippen LogP contribution in [0, 0.1) is 11.8 Å². The summed E-state index contributed by atoms with van der Waals surface area (Å²) in [6, 6.07) is 14.2. The van der Waals surface area contributed by atoms with Gasteiger partial charge in [-0.05, 0) is 100 Å². The lowest BCUT2D eigenvalue weighted by Crippen LogP contribution is -2.50. The molecular formula is C43H53N11O3. The Kier molecular flexibility index (Phi) is 9.56. The summed E-state index contributed by atoms with van der Waals surface area (Å²) in [4.78, 5) is 48.3. The fourth-order valence-corrected chi connectivity index (χ4v) is 9.48. The van der Waals surface area contributed by atoms with E-state index in [1.54, 1.807) is 12.7 Å². The van der Waals surface area contributed by atoms with Crippen LogP contribution in [0.5, 0.6) is 5.75 Å². The fourth-order valence-electron chi connectivity index (χ4n) is 9.48. The molecule has 3 aromatic heterocycles. The number of benzene rings is 2. The van der Waals surface area contributed by atoms with Crippen LogP contribution < -0.4 is 19.9 Å². The van der Waals surface area contributed by atoms with Crippen molar-refractivity contribution in [2.45, 2.75) is 69.9 Å². The van der Waals surface area contributed by atoms with Gasteiger partial charge in [-0.3, -0.25) is 20.0 Å². The van der Waals surface area contributed by atoms with Crippen LogP contribution in [0.3, 0.4) is 0 Å². The average Bonchev–Trinajstić information content (AvgIpc) is 3.58. The number of nitrogens with zero attached hydrogens (tertiary/aromatic N) is 9. The molecule has 1 atom stereocenters. The van der Waals surface area contributed by atoms with Gasteiger partial charge in [0, 0.05) is 89.0 Å². The number of piperidine rings is 3. The third-order valence-electron chi connectivity index (χ3n) is 13.3. The fraction of sp³-hybridized carbons (Fsp3) is 0.535. The number of carbonyl (C=O) groups excluding carboxylic acids is 2. The number of imide groups is 1. The Labute approximate surface area is 333 Å². The summed E-state index contributed by atoms with van der Waals surface area (Å²) in [6.07, 6.45) is 11.2. The van der Waals surface area contributed by atoms with Gasteiger partial charge in [-0.15, -0.1) is 0 Å². The Morgan fingerprint density at radius 3 is 2.21 bits per heavy atom. The third kappa shape index (κ3) is 7.69. The summed E-state index contributed by atoms with van der Waals surface area (Å²) in [5.74, 6) is 2.86. The van der Waals surface area contributed by atoms with Crippen molar-refractivity contribution in [3.05, 3.63) is 55.1 Å². The third-order valence-corrected chi connectivity index (χ3v) is 13.3. The van der Waals surface area contributed by atoms with Gasteiger partial charge in [0.25, 0.3) is 0 Å². The van der Waals surface area contributed by atoms with E-state index in [1.165, 1.54) is 44.5 Å². The molecule has 298 valence electrons. The Hall–Kier alpha value is -5.08. The summed E-state index contributed by atoms with van der Waals surface area (Å²) in [5, 5.41) is 11.3. The summed E-state index contributed by atoms with van der Waals surface area (Å²) in [6.45, 7) is 13.3. The summed E-state index contributed by atoms with van der Waals surface area (Å²) in [5.41, 5.74) is 5.65. The van der Waals surface area contributed by atoms with Crippen LogP contribution in [0.25, 0.3) is 33.3 Å². The highest BCUT2D eigenvalue weighted by atomic mass is 16.5. The topological polar surface area (TPSA) is 141 Å². The molecule has 4 saturated heterocycles. The van der Waals surface area contributed by atoms with Crippen LogP contribution in [0.2, 0.25) is 0 Å². The molecule has 14 nitrogen and oxygen atoms in total. The number of carbonyl (C=O) groups is 2.